The van der Waals surface area contributed by atoms with E-state index < -0.39 is 43.7 Å². The first kappa shape index (κ1) is 28.0. The summed E-state index contributed by atoms with van der Waals surface area (Å²) in [5, 5.41) is 9.66. The standard InChI is InChI=1S/C24H22F7N3O3/c1-2-15-6-8-17(9-7-15)36-20-10-11-32-22(33-20)34(14-19(35)23(27,28)29)13-16-4-3-5-18(12-16)37-24(30,31)21(25)26/h3-12,19,21,35H,2,13-14H2,1H3/t19-/m1/s1. The number of aromatic nitrogens is 2. The minimum atomic E-state index is -4.97. The van der Waals surface area contributed by atoms with Crippen LogP contribution in [0.25, 0.3) is 0 Å². The van der Waals surface area contributed by atoms with Crippen LogP contribution in [0.15, 0.2) is 60.8 Å². The van der Waals surface area contributed by atoms with Crippen LogP contribution in [-0.2, 0) is 13.0 Å². The second-order valence-corrected chi connectivity index (χ2v) is 7.84. The maximum absolute atomic E-state index is 13.3. The van der Waals surface area contributed by atoms with Crippen molar-refractivity contribution in [3.05, 3.63) is 71.9 Å². The molecule has 0 saturated heterocycles. The molecule has 0 spiro atoms. The third kappa shape index (κ3) is 7.94. The van der Waals surface area contributed by atoms with Gasteiger partial charge in [0.05, 0.1) is 6.54 Å². The highest BCUT2D eigenvalue weighted by Gasteiger charge is 2.44. The molecule has 0 saturated carbocycles. The largest absolute Gasteiger partial charge is 0.461 e. The van der Waals surface area contributed by atoms with Crippen molar-refractivity contribution in [1.82, 2.24) is 9.97 Å². The Bertz CT molecular complexity index is 1160. The molecular weight excluding hydrogens is 511 g/mol. The van der Waals surface area contributed by atoms with Crippen LogP contribution in [0.4, 0.5) is 36.7 Å². The van der Waals surface area contributed by atoms with Crippen molar-refractivity contribution in [2.75, 3.05) is 11.4 Å². The van der Waals surface area contributed by atoms with Crippen LogP contribution in [0.1, 0.15) is 18.1 Å². The van der Waals surface area contributed by atoms with Crippen molar-refractivity contribution in [2.45, 2.75) is 44.7 Å². The third-order valence-electron chi connectivity index (χ3n) is 5.01. The molecule has 0 aliphatic carbocycles. The number of rotatable bonds is 11. The number of anilines is 1. The van der Waals surface area contributed by atoms with Crippen molar-refractivity contribution in [3.63, 3.8) is 0 Å². The summed E-state index contributed by atoms with van der Waals surface area (Å²) in [6.07, 6.45) is -14.6. The molecule has 1 heterocycles. The molecule has 37 heavy (non-hydrogen) atoms. The predicted molar refractivity (Wildman–Crippen MR) is 119 cm³/mol. The van der Waals surface area contributed by atoms with E-state index in [0.29, 0.717) is 5.75 Å². The molecule has 0 bridgehead atoms. The van der Waals surface area contributed by atoms with E-state index in [0.717, 1.165) is 29.0 Å². The van der Waals surface area contributed by atoms with E-state index in [1.54, 1.807) is 12.1 Å². The first-order valence-corrected chi connectivity index (χ1v) is 10.9. The molecule has 3 rings (SSSR count). The second kappa shape index (κ2) is 11.6. The number of nitrogens with zero attached hydrogens (tertiary/aromatic N) is 3. The van der Waals surface area contributed by atoms with Crippen LogP contribution in [0.3, 0.4) is 0 Å². The average molecular weight is 533 g/mol. The van der Waals surface area contributed by atoms with Gasteiger partial charge >= 0.3 is 18.7 Å². The van der Waals surface area contributed by atoms with E-state index in [2.05, 4.69) is 14.7 Å². The summed E-state index contributed by atoms with van der Waals surface area (Å²) in [4.78, 5) is 9.00. The molecule has 0 aliphatic heterocycles. The van der Waals surface area contributed by atoms with Gasteiger partial charge in [0.15, 0.2) is 6.10 Å². The van der Waals surface area contributed by atoms with Gasteiger partial charge in [-0.3, -0.25) is 0 Å². The van der Waals surface area contributed by atoms with Gasteiger partial charge in [-0.25, -0.2) is 4.98 Å². The van der Waals surface area contributed by atoms with E-state index in [1.165, 1.54) is 24.4 Å². The summed E-state index contributed by atoms with van der Waals surface area (Å²) in [6, 6.07) is 12.9. The molecule has 0 unspecified atom stereocenters. The van der Waals surface area contributed by atoms with Gasteiger partial charge in [0.25, 0.3) is 0 Å². The van der Waals surface area contributed by atoms with E-state index in [9.17, 15) is 35.8 Å². The molecule has 0 amide bonds. The zero-order valence-electron chi connectivity index (χ0n) is 19.3. The van der Waals surface area contributed by atoms with Crippen molar-refractivity contribution >= 4 is 5.95 Å². The van der Waals surface area contributed by atoms with Crippen molar-refractivity contribution < 1.29 is 45.3 Å². The zero-order chi connectivity index (χ0) is 27.2. The van der Waals surface area contributed by atoms with Crippen molar-refractivity contribution in [2.24, 2.45) is 0 Å². The molecule has 1 N–H and O–H groups in total. The fourth-order valence-corrected chi connectivity index (χ4v) is 3.11. The Kier molecular flexibility index (Phi) is 8.79. The van der Waals surface area contributed by atoms with E-state index in [-0.39, 0.29) is 17.4 Å². The minimum Gasteiger partial charge on any atom is -0.439 e. The third-order valence-corrected chi connectivity index (χ3v) is 5.01. The van der Waals surface area contributed by atoms with Gasteiger partial charge in [0.2, 0.25) is 11.8 Å². The lowest BCUT2D eigenvalue weighted by Crippen LogP contribution is -2.41. The van der Waals surface area contributed by atoms with Crippen LogP contribution in [0, 0.1) is 0 Å². The van der Waals surface area contributed by atoms with Gasteiger partial charge in [-0.2, -0.15) is 35.7 Å². The lowest BCUT2D eigenvalue weighted by Gasteiger charge is -2.27. The molecule has 200 valence electrons. The summed E-state index contributed by atoms with van der Waals surface area (Å²) in [6.45, 7) is 0.540. The van der Waals surface area contributed by atoms with Gasteiger partial charge in [0.1, 0.15) is 11.5 Å². The first-order valence-electron chi connectivity index (χ1n) is 10.9. The summed E-state index contributed by atoms with van der Waals surface area (Å²) >= 11 is 0. The predicted octanol–water partition coefficient (Wildman–Crippen LogP) is 6.00. The van der Waals surface area contributed by atoms with E-state index >= 15 is 0 Å². The maximum Gasteiger partial charge on any atom is 0.461 e. The molecule has 6 nitrogen and oxygen atoms in total. The van der Waals surface area contributed by atoms with Crippen LogP contribution < -0.4 is 14.4 Å². The SMILES string of the molecule is CCc1ccc(Oc2ccnc(N(Cc3cccc(OC(F)(F)C(F)F)c3)C[C@@H](O)C(F)(F)F)n2)cc1. The summed E-state index contributed by atoms with van der Waals surface area (Å²) in [7, 11) is 0. The highest BCUT2D eigenvalue weighted by molar-refractivity contribution is 5.38. The van der Waals surface area contributed by atoms with Crippen molar-refractivity contribution in [1.29, 1.82) is 0 Å². The lowest BCUT2D eigenvalue weighted by atomic mass is 10.2. The molecule has 0 radical (unpaired) electrons. The molecule has 1 aromatic heterocycles. The van der Waals surface area contributed by atoms with Gasteiger partial charge in [-0.05, 0) is 41.8 Å². The number of aliphatic hydroxyl groups excluding tert-OH is 1. The Morgan fingerprint density at radius 1 is 0.946 bits per heavy atom. The lowest BCUT2D eigenvalue weighted by molar-refractivity contribution is -0.253. The molecule has 1 atom stereocenters. The number of halogens is 7. The molecule has 0 aliphatic rings. The summed E-state index contributed by atoms with van der Waals surface area (Å²) in [5.41, 5.74) is 1.16. The fraction of sp³-hybridized carbons (Fsp3) is 0.333. The Hall–Kier alpha value is -3.61. The smallest absolute Gasteiger partial charge is 0.439 e. The quantitative estimate of drug-likeness (QED) is 0.305. The molecule has 0 fully saturated rings. The molecular formula is C24H22F7N3O3. The van der Waals surface area contributed by atoms with Gasteiger partial charge < -0.3 is 19.5 Å². The maximum atomic E-state index is 13.3. The Morgan fingerprint density at radius 2 is 1.65 bits per heavy atom. The number of benzene rings is 2. The number of aliphatic hydroxyl groups is 1. The number of hydrogen-bond acceptors (Lipinski definition) is 6. The van der Waals surface area contributed by atoms with Gasteiger partial charge in [-0.1, -0.05) is 31.2 Å². The number of alkyl halides is 7. The number of ether oxygens (including phenoxy) is 2. The van der Waals surface area contributed by atoms with Crippen LogP contribution in [0.5, 0.6) is 17.4 Å². The molecule has 3 aromatic rings. The topological polar surface area (TPSA) is 67.7 Å². The van der Waals surface area contributed by atoms with E-state index in [1.807, 2.05) is 19.1 Å². The highest BCUT2D eigenvalue weighted by Crippen LogP contribution is 2.29. The Labute approximate surface area is 207 Å². The fourth-order valence-electron chi connectivity index (χ4n) is 3.11. The Morgan fingerprint density at radius 3 is 2.27 bits per heavy atom. The summed E-state index contributed by atoms with van der Waals surface area (Å²) in [5.74, 6) is -0.495. The van der Waals surface area contributed by atoms with Crippen LogP contribution in [0.2, 0.25) is 0 Å². The number of aryl methyl sites for hydroxylation is 1. The zero-order valence-corrected chi connectivity index (χ0v) is 19.3. The minimum absolute atomic E-state index is 0.00518. The summed E-state index contributed by atoms with van der Waals surface area (Å²) < 4.78 is 101. The number of hydrogen-bond donors (Lipinski definition) is 1. The first-order chi connectivity index (χ1) is 17.4. The monoisotopic (exact) mass is 533 g/mol. The van der Waals surface area contributed by atoms with Crippen LogP contribution >= 0.6 is 0 Å². The highest BCUT2D eigenvalue weighted by atomic mass is 19.4. The van der Waals surface area contributed by atoms with E-state index in [4.69, 9.17) is 4.74 Å². The van der Waals surface area contributed by atoms with Crippen molar-refractivity contribution in [3.8, 4) is 17.4 Å². The Balaban J connectivity index is 1.87. The second-order valence-electron chi connectivity index (χ2n) is 7.84. The average Bonchev–Trinajstić information content (AvgIpc) is 2.83. The normalized spacial score (nSPS) is 12.9. The molecule has 2 aromatic carbocycles. The van der Waals surface area contributed by atoms with Gasteiger partial charge in [-0.15, -0.1) is 0 Å². The van der Waals surface area contributed by atoms with Gasteiger partial charge in [0, 0.05) is 18.8 Å². The van der Waals surface area contributed by atoms with Crippen LogP contribution in [-0.4, -0.2) is 46.4 Å². The molecule has 13 heteroatoms.